The maximum atomic E-state index is 12.6. The maximum absolute atomic E-state index is 12.6. The standard InChI is InChI=1S/C11H14FN/c12-8-9-4-1-2-5-10(9)11-6-3-7-13-11/h1-2,4-5,11,13H,3,6-8H2. The highest BCUT2D eigenvalue weighted by molar-refractivity contribution is 5.30. The van der Waals surface area contributed by atoms with Crippen molar-refractivity contribution in [3.63, 3.8) is 0 Å². The molecule has 1 aromatic carbocycles. The van der Waals surface area contributed by atoms with Gasteiger partial charge in [-0.25, -0.2) is 4.39 Å². The molecule has 1 unspecified atom stereocenters. The van der Waals surface area contributed by atoms with Crippen LogP contribution in [0.4, 0.5) is 4.39 Å². The van der Waals surface area contributed by atoms with Gasteiger partial charge in [0.15, 0.2) is 0 Å². The smallest absolute Gasteiger partial charge is 0.115 e. The second-order valence-electron chi connectivity index (χ2n) is 3.48. The monoisotopic (exact) mass is 179 g/mol. The van der Waals surface area contributed by atoms with Gasteiger partial charge in [0, 0.05) is 6.04 Å². The number of rotatable bonds is 2. The topological polar surface area (TPSA) is 12.0 Å². The van der Waals surface area contributed by atoms with E-state index in [4.69, 9.17) is 0 Å². The first-order valence-corrected chi connectivity index (χ1v) is 4.79. The van der Waals surface area contributed by atoms with Crippen LogP contribution in [0.3, 0.4) is 0 Å². The molecule has 1 heterocycles. The zero-order valence-corrected chi connectivity index (χ0v) is 7.59. The maximum Gasteiger partial charge on any atom is 0.115 e. The third-order valence-electron chi connectivity index (χ3n) is 2.63. The van der Waals surface area contributed by atoms with Crippen LogP contribution in [0.1, 0.15) is 30.0 Å². The molecule has 70 valence electrons. The first-order valence-electron chi connectivity index (χ1n) is 4.79. The number of nitrogens with one attached hydrogen (secondary N) is 1. The Bertz CT molecular complexity index is 279. The molecule has 0 aliphatic carbocycles. The fourth-order valence-electron chi connectivity index (χ4n) is 1.95. The van der Waals surface area contributed by atoms with E-state index in [0.717, 1.165) is 24.1 Å². The normalized spacial score (nSPS) is 22.1. The molecule has 0 saturated carbocycles. The fourth-order valence-corrected chi connectivity index (χ4v) is 1.95. The Kier molecular flexibility index (Phi) is 2.60. The zero-order chi connectivity index (χ0) is 9.10. The highest BCUT2D eigenvalue weighted by Gasteiger charge is 2.18. The molecule has 2 rings (SSSR count). The van der Waals surface area contributed by atoms with Gasteiger partial charge in [0.05, 0.1) is 0 Å². The number of hydrogen-bond donors (Lipinski definition) is 1. The van der Waals surface area contributed by atoms with Crippen LogP contribution in [-0.4, -0.2) is 6.54 Å². The van der Waals surface area contributed by atoms with Crippen molar-refractivity contribution in [2.24, 2.45) is 0 Å². The molecule has 0 spiro atoms. The SMILES string of the molecule is FCc1ccccc1C1CCCN1. The molecular weight excluding hydrogens is 165 g/mol. The predicted octanol–water partition coefficient (Wildman–Crippen LogP) is 2.58. The molecule has 13 heavy (non-hydrogen) atoms. The highest BCUT2D eigenvalue weighted by Crippen LogP contribution is 2.26. The summed E-state index contributed by atoms with van der Waals surface area (Å²) in [4.78, 5) is 0. The molecule has 0 radical (unpaired) electrons. The van der Waals surface area contributed by atoms with Crippen molar-refractivity contribution >= 4 is 0 Å². The summed E-state index contributed by atoms with van der Waals surface area (Å²) in [5, 5.41) is 3.38. The molecule has 1 aromatic rings. The van der Waals surface area contributed by atoms with Gasteiger partial charge < -0.3 is 5.32 Å². The van der Waals surface area contributed by atoms with E-state index in [2.05, 4.69) is 5.32 Å². The van der Waals surface area contributed by atoms with Gasteiger partial charge >= 0.3 is 0 Å². The van der Waals surface area contributed by atoms with E-state index >= 15 is 0 Å². The minimum atomic E-state index is -0.353. The van der Waals surface area contributed by atoms with E-state index in [0.29, 0.717) is 6.04 Å². The van der Waals surface area contributed by atoms with Crippen LogP contribution in [0.5, 0.6) is 0 Å². The third kappa shape index (κ3) is 1.73. The van der Waals surface area contributed by atoms with Crippen LogP contribution in [0.2, 0.25) is 0 Å². The van der Waals surface area contributed by atoms with E-state index in [-0.39, 0.29) is 6.67 Å². The summed E-state index contributed by atoms with van der Waals surface area (Å²) in [6.07, 6.45) is 2.34. The lowest BCUT2D eigenvalue weighted by Crippen LogP contribution is -2.14. The van der Waals surface area contributed by atoms with Gasteiger partial charge in [-0.15, -0.1) is 0 Å². The summed E-state index contributed by atoms with van der Waals surface area (Å²) in [5.74, 6) is 0. The molecule has 1 nitrogen and oxygen atoms in total. The minimum absolute atomic E-state index is 0.353. The molecule has 1 aliphatic rings. The average molecular weight is 179 g/mol. The number of halogens is 1. The number of hydrogen-bond acceptors (Lipinski definition) is 1. The molecule has 1 atom stereocenters. The molecule has 0 bridgehead atoms. The van der Waals surface area contributed by atoms with Crippen LogP contribution < -0.4 is 5.32 Å². The highest BCUT2D eigenvalue weighted by atomic mass is 19.1. The Hall–Kier alpha value is -0.890. The van der Waals surface area contributed by atoms with Crippen molar-refractivity contribution in [3.05, 3.63) is 35.4 Å². The zero-order valence-electron chi connectivity index (χ0n) is 7.59. The Morgan fingerprint density at radius 3 is 2.92 bits per heavy atom. The van der Waals surface area contributed by atoms with Crippen LogP contribution >= 0.6 is 0 Å². The molecule has 1 N–H and O–H groups in total. The van der Waals surface area contributed by atoms with Gasteiger partial charge in [0.1, 0.15) is 6.67 Å². The molecule has 1 fully saturated rings. The second-order valence-corrected chi connectivity index (χ2v) is 3.48. The van der Waals surface area contributed by atoms with Crippen LogP contribution in [0, 0.1) is 0 Å². The molecule has 0 aromatic heterocycles. The van der Waals surface area contributed by atoms with Crippen molar-refractivity contribution in [1.82, 2.24) is 5.32 Å². The molecule has 1 saturated heterocycles. The van der Waals surface area contributed by atoms with Crippen molar-refractivity contribution < 1.29 is 4.39 Å². The van der Waals surface area contributed by atoms with Gasteiger partial charge in [-0.1, -0.05) is 24.3 Å². The van der Waals surface area contributed by atoms with Crippen LogP contribution in [0.25, 0.3) is 0 Å². The van der Waals surface area contributed by atoms with E-state index in [9.17, 15) is 4.39 Å². The second kappa shape index (κ2) is 3.88. The Morgan fingerprint density at radius 1 is 1.38 bits per heavy atom. The lowest BCUT2D eigenvalue weighted by molar-refractivity contribution is 0.477. The summed E-state index contributed by atoms with van der Waals surface area (Å²) in [5.41, 5.74) is 1.98. The summed E-state index contributed by atoms with van der Waals surface area (Å²) in [7, 11) is 0. The summed E-state index contributed by atoms with van der Waals surface area (Å²) < 4.78 is 12.6. The minimum Gasteiger partial charge on any atom is -0.310 e. The van der Waals surface area contributed by atoms with E-state index < -0.39 is 0 Å². The van der Waals surface area contributed by atoms with E-state index in [1.807, 2.05) is 24.3 Å². The Labute approximate surface area is 78.0 Å². The van der Waals surface area contributed by atoms with Crippen LogP contribution in [-0.2, 0) is 6.67 Å². The molecule has 0 amide bonds. The largest absolute Gasteiger partial charge is 0.310 e. The molecule has 1 aliphatic heterocycles. The van der Waals surface area contributed by atoms with Crippen molar-refractivity contribution in [3.8, 4) is 0 Å². The Balaban J connectivity index is 2.26. The summed E-state index contributed by atoms with van der Waals surface area (Å²) in [6.45, 7) is 0.708. The first kappa shape index (κ1) is 8.70. The number of alkyl halides is 1. The number of benzene rings is 1. The molecular formula is C11H14FN. The fraction of sp³-hybridized carbons (Fsp3) is 0.455. The van der Waals surface area contributed by atoms with Crippen molar-refractivity contribution in [2.45, 2.75) is 25.6 Å². The van der Waals surface area contributed by atoms with Gasteiger partial charge in [-0.2, -0.15) is 0 Å². The molecule has 2 heteroatoms. The van der Waals surface area contributed by atoms with Gasteiger partial charge in [0.2, 0.25) is 0 Å². The first-order chi connectivity index (χ1) is 6.42. The van der Waals surface area contributed by atoms with Crippen molar-refractivity contribution in [1.29, 1.82) is 0 Å². The third-order valence-corrected chi connectivity index (χ3v) is 2.63. The quantitative estimate of drug-likeness (QED) is 0.735. The Morgan fingerprint density at radius 2 is 2.23 bits per heavy atom. The van der Waals surface area contributed by atoms with Gasteiger partial charge in [-0.3, -0.25) is 0 Å². The summed E-state index contributed by atoms with van der Waals surface area (Å²) >= 11 is 0. The van der Waals surface area contributed by atoms with Gasteiger partial charge in [-0.05, 0) is 30.5 Å². The average Bonchev–Trinajstić information content (AvgIpc) is 2.70. The van der Waals surface area contributed by atoms with Gasteiger partial charge in [0.25, 0.3) is 0 Å². The summed E-state index contributed by atoms with van der Waals surface area (Å²) in [6, 6.07) is 8.15. The lowest BCUT2D eigenvalue weighted by atomic mass is 10.00. The lowest BCUT2D eigenvalue weighted by Gasteiger charge is -2.13. The van der Waals surface area contributed by atoms with E-state index in [1.165, 1.54) is 6.42 Å². The predicted molar refractivity (Wildman–Crippen MR) is 51.2 cm³/mol. The van der Waals surface area contributed by atoms with Crippen molar-refractivity contribution in [2.75, 3.05) is 6.54 Å². The van der Waals surface area contributed by atoms with E-state index in [1.54, 1.807) is 0 Å². The van der Waals surface area contributed by atoms with Crippen LogP contribution in [0.15, 0.2) is 24.3 Å².